The van der Waals surface area contributed by atoms with Crippen LogP contribution in [0.3, 0.4) is 0 Å². The van der Waals surface area contributed by atoms with E-state index in [9.17, 15) is 0 Å². The Morgan fingerprint density at radius 1 is 1.44 bits per heavy atom. The van der Waals surface area contributed by atoms with E-state index in [0.717, 1.165) is 30.2 Å². The van der Waals surface area contributed by atoms with Gasteiger partial charge in [-0.3, -0.25) is 0 Å². The molecule has 2 heterocycles. The minimum atomic E-state index is 0.295. The number of aromatic nitrogens is 4. The molecule has 0 aliphatic rings. The zero-order chi connectivity index (χ0) is 11.4. The van der Waals surface area contributed by atoms with E-state index in [4.69, 9.17) is 5.73 Å². The summed E-state index contributed by atoms with van der Waals surface area (Å²) in [5, 5.41) is 3.19. The highest BCUT2D eigenvalue weighted by Gasteiger charge is 1.99. The third-order valence-corrected chi connectivity index (χ3v) is 2.13. The second-order valence-corrected chi connectivity index (χ2v) is 3.51. The molecule has 0 saturated carbocycles. The molecule has 16 heavy (non-hydrogen) atoms. The molecule has 0 fully saturated rings. The van der Waals surface area contributed by atoms with E-state index >= 15 is 0 Å². The van der Waals surface area contributed by atoms with E-state index in [-0.39, 0.29) is 0 Å². The summed E-state index contributed by atoms with van der Waals surface area (Å²) in [4.78, 5) is 15.1. The summed E-state index contributed by atoms with van der Waals surface area (Å²) >= 11 is 0. The monoisotopic (exact) mass is 218 g/mol. The molecular weight excluding hydrogens is 204 g/mol. The van der Waals surface area contributed by atoms with Gasteiger partial charge in [-0.25, -0.2) is 9.97 Å². The molecule has 0 saturated heterocycles. The minimum absolute atomic E-state index is 0.295. The van der Waals surface area contributed by atoms with Gasteiger partial charge < -0.3 is 16.0 Å². The number of aryl methyl sites for hydroxylation is 1. The van der Waals surface area contributed by atoms with E-state index in [2.05, 4.69) is 25.3 Å². The summed E-state index contributed by atoms with van der Waals surface area (Å²) in [5.41, 5.74) is 7.49. The number of hydrogen-bond acceptors (Lipinski definition) is 5. The van der Waals surface area contributed by atoms with E-state index in [1.807, 2.05) is 13.0 Å². The molecular formula is C10H14N6. The lowest BCUT2D eigenvalue weighted by molar-refractivity contribution is 0.963. The predicted molar refractivity (Wildman–Crippen MR) is 62.0 cm³/mol. The van der Waals surface area contributed by atoms with Crippen LogP contribution in [0.4, 0.5) is 11.8 Å². The molecule has 2 rings (SSSR count). The van der Waals surface area contributed by atoms with Crippen LogP contribution < -0.4 is 11.1 Å². The van der Waals surface area contributed by atoms with Crippen LogP contribution in [-0.4, -0.2) is 26.5 Å². The van der Waals surface area contributed by atoms with Crippen LogP contribution in [-0.2, 0) is 6.42 Å². The van der Waals surface area contributed by atoms with E-state index in [0.29, 0.717) is 5.95 Å². The van der Waals surface area contributed by atoms with Crippen molar-refractivity contribution in [3.8, 4) is 0 Å². The topological polar surface area (TPSA) is 92.5 Å². The summed E-state index contributed by atoms with van der Waals surface area (Å²) in [6.07, 6.45) is 4.34. The smallest absolute Gasteiger partial charge is 0.222 e. The van der Waals surface area contributed by atoms with Crippen LogP contribution >= 0.6 is 0 Å². The van der Waals surface area contributed by atoms with Crippen LogP contribution in [0, 0.1) is 6.92 Å². The molecule has 6 nitrogen and oxygen atoms in total. The zero-order valence-corrected chi connectivity index (χ0v) is 9.07. The molecule has 0 aliphatic carbocycles. The van der Waals surface area contributed by atoms with Crippen LogP contribution in [0.2, 0.25) is 0 Å². The molecule has 2 aromatic heterocycles. The number of nitrogens with zero attached hydrogens (tertiary/aromatic N) is 3. The summed E-state index contributed by atoms with van der Waals surface area (Å²) in [7, 11) is 0. The summed E-state index contributed by atoms with van der Waals surface area (Å²) in [6.45, 7) is 2.66. The molecule has 0 bridgehead atoms. The number of imidazole rings is 1. The lowest BCUT2D eigenvalue weighted by Gasteiger charge is -2.05. The third kappa shape index (κ3) is 2.69. The molecule has 0 unspecified atom stereocenters. The maximum absolute atomic E-state index is 5.55. The van der Waals surface area contributed by atoms with Gasteiger partial charge in [0.15, 0.2) is 0 Å². The third-order valence-electron chi connectivity index (χ3n) is 2.13. The van der Waals surface area contributed by atoms with Crippen molar-refractivity contribution in [2.45, 2.75) is 13.3 Å². The first-order valence-electron chi connectivity index (χ1n) is 5.06. The molecule has 0 atom stereocenters. The first kappa shape index (κ1) is 10.4. The quantitative estimate of drug-likeness (QED) is 0.704. The van der Waals surface area contributed by atoms with Crippen molar-refractivity contribution in [1.29, 1.82) is 0 Å². The Bertz CT molecular complexity index is 430. The molecule has 4 N–H and O–H groups in total. The van der Waals surface area contributed by atoms with Gasteiger partial charge in [0.2, 0.25) is 5.95 Å². The number of hydrogen-bond donors (Lipinski definition) is 3. The molecule has 0 spiro atoms. The Morgan fingerprint density at radius 3 is 3.00 bits per heavy atom. The van der Waals surface area contributed by atoms with Crippen LogP contribution in [0.5, 0.6) is 0 Å². The normalized spacial score (nSPS) is 10.3. The Kier molecular flexibility index (Phi) is 3.00. The Hall–Kier alpha value is -2.11. The highest BCUT2D eigenvalue weighted by atomic mass is 15.1. The van der Waals surface area contributed by atoms with Gasteiger partial charge in [-0.05, 0) is 6.92 Å². The van der Waals surface area contributed by atoms with E-state index in [1.165, 1.54) is 0 Å². The lowest BCUT2D eigenvalue weighted by atomic mass is 10.3. The number of H-pyrrole nitrogens is 1. The van der Waals surface area contributed by atoms with Crippen LogP contribution in [0.15, 0.2) is 18.6 Å². The molecule has 0 aliphatic heterocycles. The van der Waals surface area contributed by atoms with Gasteiger partial charge in [0.05, 0.1) is 6.33 Å². The molecule has 0 radical (unpaired) electrons. The van der Waals surface area contributed by atoms with Crippen molar-refractivity contribution < 1.29 is 0 Å². The lowest BCUT2D eigenvalue weighted by Crippen LogP contribution is -2.08. The predicted octanol–water partition coefficient (Wildman–Crippen LogP) is 0.745. The fourth-order valence-corrected chi connectivity index (χ4v) is 1.43. The average molecular weight is 218 g/mol. The van der Waals surface area contributed by atoms with Gasteiger partial charge in [-0.2, -0.15) is 4.98 Å². The molecule has 0 aromatic carbocycles. The Labute approximate surface area is 93.3 Å². The van der Waals surface area contributed by atoms with Crippen LogP contribution in [0.25, 0.3) is 0 Å². The number of nitrogens with two attached hydrogens (primary N) is 1. The Morgan fingerprint density at radius 2 is 2.31 bits per heavy atom. The van der Waals surface area contributed by atoms with Gasteiger partial charge in [0, 0.05) is 36.6 Å². The SMILES string of the molecule is Cc1cc(NCCc2cnc[nH]2)nc(N)n1. The second kappa shape index (κ2) is 4.61. The summed E-state index contributed by atoms with van der Waals surface area (Å²) < 4.78 is 0. The maximum atomic E-state index is 5.55. The fourth-order valence-electron chi connectivity index (χ4n) is 1.43. The fraction of sp³-hybridized carbons (Fsp3) is 0.300. The number of rotatable bonds is 4. The minimum Gasteiger partial charge on any atom is -0.370 e. The first-order valence-corrected chi connectivity index (χ1v) is 5.06. The van der Waals surface area contributed by atoms with Crippen molar-refractivity contribution in [3.05, 3.63) is 30.0 Å². The van der Waals surface area contributed by atoms with Crippen molar-refractivity contribution in [1.82, 2.24) is 19.9 Å². The largest absolute Gasteiger partial charge is 0.370 e. The van der Waals surface area contributed by atoms with E-state index < -0.39 is 0 Å². The number of aromatic amines is 1. The van der Waals surface area contributed by atoms with Gasteiger partial charge in [0.25, 0.3) is 0 Å². The molecule has 84 valence electrons. The standard InChI is InChI=1S/C10H14N6/c1-7-4-9(16-10(11)15-7)13-3-2-8-5-12-6-14-8/h4-6H,2-3H2,1H3,(H,12,14)(H3,11,13,15,16). The second-order valence-electron chi connectivity index (χ2n) is 3.51. The van der Waals surface area contributed by atoms with Gasteiger partial charge in [0.1, 0.15) is 5.82 Å². The van der Waals surface area contributed by atoms with E-state index in [1.54, 1.807) is 12.5 Å². The maximum Gasteiger partial charge on any atom is 0.222 e. The summed E-state index contributed by atoms with van der Waals surface area (Å²) in [6, 6.07) is 1.86. The average Bonchev–Trinajstić information content (AvgIpc) is 2.69. The number of anilines is 2. The Balaban J connectivity index is 1.89. The molecule has 0 amide bonds. The van der Waals surface area contributed by atoms with Gasteiger partial charge >= 0.3 is 0 Å². The van der Waals surface area contributed by atoms with Gasteiger partial charge in [-0.1, -0.05) is 0 Å². The number of nitrogen functional groups attached to an aromatic ring is 1. The number of nitrogens with one attached hydrogen (secondary N) is 2. The molecule has 2 aromatic rings. The van der Waals surface area contributed by atoms with Gasteiger partial charge in [-0.15, -0.1) is 0 Å². The first-order chi connectivity index (χ1) is 7.74. The highest BCUT2D eigenvalue weighted by Crippen LogP contribution is 2.06. The van der Waals surface area contributed by atoms with Crippen molar-refractivity contribution in [2.75, 3.05) is 17.6 Å². The summed E-state index contributed by atoms with van der Waals surface area (Å²) in [5.74, 6) is 1.05. The highest BCUT2D eigenvalue weighted by molar-refractivity contribution is 5.40. The van der Waals surface area contributed by atoms with Crippen molar-refractivity contribution >= 4 is 11.8 Å². The van der Waals surface area contributed by atoms with Crippen LogP contribution in [0.1, 0.15) is 11.4 Å². The van der Waals surface area contributed by atoms with Crippen molar-refractivity contribution in [3.63, 3.8) is 0 Å². The zero-order valence-electron chi connectivity index (χ0n) is 9.07. The van der Waals surface area contributed by atoms with Crippen molar-refractivity contribution in [2.24, 2.45) is 0 Å². The molecule has 6 heteroatoms.